The molecule has 8 nitrogen and oxygen atoms in total. The fourth-order valence-electron chi connectivity index (χ4n) is 3.87. The van der Waals surface area contributed by atoms with Crippen LogP contribution in [0.1, 0.15) is 38.7 Å². The summed E-state index contributed by atoms with van der Waals surface area (Å²) in [6.45, 7) is 4.77. The number of carbonyl (C=O) groups excluding carboxylic acids is 2. The first-order valence-electron chi connectivity index (χ1n) is 11.2. The van der Waals surface area contributed by atoms with E-state index in [0.29, 0.717) is 43.7 Å². The number of hydrogen-bond acceptors (Lipinski definition) is 5. The van der Waals surface area contributed by atoms with Gasteiger partial charge in [-0.15, -0.1) is 0 Å². The van der Waals surface area contributed by atoms with E-state index in [1.165, 1.54) is 6.07 Å². The van der Waals surface area contributed by atoms with Crippen LogP contribution >= 0.6 is 0 Å². The monoisotopic (exact) mass is 472 g/mol. The van der Waals surface area contributed by atoms with Gasteiger partial charge in [-0.1, -0.05) is 37.3 Å². The first-order valence-corrected chi connectivity index (χ1v) is 12.7. The second-order valence-corrected chi connectivity index (χ2v) is 10.2. The van der Waals surface area contributed by atoms with Crippen LogP contribution in [0.5, 0.6) is 0 Å². The predicted octanol–water partition coefficient (Wildman–Crippen LogP) is 2.65. The Morgan fingerprint density at radius 2 is 1.79 bits per heavy atom. The molecule has 1 saturated heterocycles. The van der Waals surface area contributed by atoms with E-state index in [-0.39, 0.29) is 35.1 Å². The molecule has 4 N–H and O–H groups in total. The fourth-order valence-corrected chi connectivity index (χ4v) is 5.45. The Labute approximate surface area is 195 Å². The van der Waals surface area contributed by atoms with Gasteiger partial charge in [-0.25, -0.2) is 13.1 Å². The molecule has 3 rings (SSSR count). The highest BCUT2D eigenvalue weighted by Gasteiger charge is 2.28. The molecule has 2 aromatic carbocycles. The largest absolute Gasteiger partial charge is 0.370 e. The molecule has 1 aliphatic rings. The van der Waals surface area contributed by atoms with Gasteiger partial charge in [-0.2, -0.15) is 0 Å². The van der Waals surface area contributed by atoms with Crippen molar-refractivity contribution in [2.45, 2.75) is 50.5 Å². The minimum atomic E-state index is -3.83. The molecule has 1 aliphatic heterocycles. The molecule has 1 unspecified atom stereocenters. The first kappa shape index (κ1) is 24.7. The number of anilines is 2. The van der Waals surface area contributed by atoms with Gasteiger partial charge in [0.1, 0.15) is 4.90 Å². The molecule has 0 saturated carbocycles. The van der Waals surface area contributed by atoms with Gasteiger partial charge in [0.15, 0.2) is 0 Å². The third kappa shape index (κ3) is 6.55. The van der Waals surface area contributed by atoms with Crippen LogP contribution in [-0.4, -0.2) is 39.4 Å². The predicted molar refractivity (Wildman–Crippen MR) is 129 cm³/mol. The molecule has 1 atom stereocenters. The number of sulfonamides is 1. The Kier molecular flexibility index (Phi) is 8.10. The van der Waals surface area contributed by atoms with Crippen molar-refractivity contribution in [3.63, 3.8) is 0 Å². The zero-order chi connectivity index (χ0) is 24.0. The Hall–Kier alpha value is -2.91. The van der Waals surface area contributed by atoms with Crippen molar-refractivity contribution in [3.05, 3.63) is 54.1 Å². The second-order valence-electron chi connectivity index (χ2n) is 8.49. The molecule has 0 aliphatic carbocycles. The number of carbonyl (C=O) groups is 2. The highest BCUT2D eigenvalue weighted by Crippen LogP contribution is 2.32. The first-order chi connectivity index (χ1) is 15.7. The summed E-state index contributed by atoms with van der Waals surface area (Å²) in [6, 6.07) is 14.0. The van der Waals surface area contributed by atoms with Crippen LogP contribution in [0, 0.1) is 5.92 Å². The van der Waals surface area contributed by atoms with Crippen LogP contribution in [-0.2, 0) is 26.0 Å². The minimum Gasteiger partial charge on any atom is -0.370 e. The lowest BCUT2D eigenvalue weighted by molar-refractivity contribution is -0.122. The number of nitrogens with two attached hydrogens (primary N) is 1. The zero-order valence-electron chi connectivity index (χ0n) is 19.1. The molecule has 0 radical (unpaired) electrons. The Morgan fingerprint density at radius 1 is 1.12 bits per heavy atom. The van der Waals surface area contributed by atoms with Gasteiger partial charge in [0.2, 0.25) is 21.8 Å². The summed E-state index contributed by atoms with van der Waals surface area (Å²) in [4.78, 5) is 26.1. The zero-order valence-corrected chi connectivity index (χ0v) is 19.9. The lowest BCUT2D eigenvalue weighted by Crippen LogP contribution is -2.40. The average Bonchev–Trinajstić information content (AvgIpc) is 2.79. The minimum absolute atomic E-state index is 0.109. The molecule has 0 bridgehead atoms. The van der Waals surface area contributed by atoms with Crippen molar-refractivity contribution in [1.82, 2.24) is 4.72 Å². The van der Waals surface area contributed by atoms with E-state index >= 15 is 0 Å². The number of piperidine rings is 1. The average molecular weight is 473 g/mol. The summed E-state index contributed by atoms with van der Waals surface area (Å²) < 4.78 is 29.2. The molecule has 33 heavy (non-hydrogen) atoms. The quantitative estimate of drug-likeness (QED) is 0.518. The van der Waals surface area contributed by atoms with Gasteiger partial charge in [-0.05, 0) is 49.9 Å². The number of rotatable bonds is 9. The van der Waals surface area contributed by atoms with Gasteiger partial charge < -0.3 is 16.0 Å². The van der Waals surface area contributed by atoms with Crippen LogP contribution in [0.3, 0.4) is 0 Å². The van der Waals surface area contributed by atoms with Crippen LogP contribution in [0.15, 0.2) is 53.4 Å². The molecule has 1 heterocycles. The van der Waals surface area contributed by atoms with E-state index in [1.54, 1.807) is 19.1 Å². The lowest BCUT2D eigenvalue weighted by atomic mass is 9.96. The number of primary amides is 1. The second kappa shape index (κ2) is 10.8. The molecule has 2 aromatic rings. The normalized spacial score (nSPS) is 15.8. The summed E-state index contributed by atoms with van der Waals surface area (Å²) in [5.41, 5.74) is 7.27. The van der Waals surface area contributed by atoms with Crippen LogP contribution < -0.4 is 20.7 Å². The fraction of sp³-hybridized carbons (Fsp3) is 0.417. The SMILES string of the molecule is CCC(C)NS(=O)(=O)c1cc(NC(=O)Cc2ccccc2)ccc1N1CCC(C(N)=O)CC1. The van der Waals surface area contributed by atoms with E-state index < -0.39 is 10.0 Å². The highest BCUT2D eigenvalue weighted by atomic mass is 32.2. The van der Waals surface area contributed by atoms with Gasteiger partial charge >= 0.3 is 0 Å². The number of nitrogens with zero attached hydrogens (tertiary/aromatic N) is 1. The van der Waals surface area contributed by atoms with Crippen molar-refractivity contribution in [3.8, 4) is 0 Å². The summed E-state index contributed by atoms with van der Waals surface area (Å²) >= 11 is 0. The van der Waals surface area contributed by atoms with Gasteiger partial charge in [-0.3, -0.25) is 9.59 Å². The van der Waals surface area contributed by atoms with Crippen LogP contribution in [0.25, 0.3) is 0 Å². The van der Waals surface area contributed by atoms with Crippen molar-refractivity contribution < 1.29 is 18.0 Å². The van der Waals surface area contributed by atoms with Crippen LogP contribution in [0.2, 0.25) is 0 Å². The standard InChI is InChI=1S/C24H32N4O4S/c1-3-17(2)27-33(31,32)22-16-20(26-23(29)15-18-7-5-4-6-8-18)9-10-21(22)28-13-11-19(12-14-28)24(25)30/h4-10,16-17,19,27H,3,11-15H2,1-2H3,(H2,25,30)(H,26,29). The van der Waals surface area contributed by atoms with Crippen molar-refractivity contribution >= 4 is 33.2 Å². The molecule has 2 amide bonds. The number of benzene rings is 2. The molecule has 178 valence electrons. The molecule has 1 fully saturated rings. The van der Waals surface area contributed by atoms with E-state index in [4.69, 9.17) is 5.73 Å². The van der Waals surface area contributed by atoms with E-state index in [2.05, 4.69) is 10.0 Å². The summed E-state index contributed by atoms with van der Waals surface area (Å²) in [6.07, 6.45) is 1.98. The van der Waals surface area contributed by atoms with Gasteiger partial charge in [0, 0.05) is 30.7 Å². The summed E-state index contributed by atoms with van der Waals surface area (Å²) in [5.74, 6) is -0.747. The van der Waals surface area contributed by atoms with Gasteiger partial charge in [0.05, 0.1) is 12.1 Å². The van der Waals surface area contributed by atoms with Crippen molar-refractivity contribution in [2.24, 2.45) is 11.7 Å². The van der Waals surface area contributed by atoms with E-state index in [9.17, 15) is 18.0 Å². The molecular formula is C24H32N4O4S. The Bertz CT molecular complexity index is 1080. The summed E-state index contributed by atoms with van der Waals surface area (Å²) in [7, 11) is -3.83. The third-order valence-corrected chi connectivity index (χ3v) is 7.57. The third-order valence-electron chi connectivity index (χ3n) is 5.95. The molecule has 0 spiro atoms. The maximum atomic E-state index is 13.2. The van der Waals surface area contributed by atoms with E-state index in [0.717, 1.165) is 5.56 Å². The number of amides is 2. The highest BCUT2D eigenvalue weighted by molar-refractivity contribution is 7.89. The van der Waals surface area contributed by atoms with E-state index in [1.807, 2.05) is 42.2 Å². The molecule has 9 heteroatoms. The van der Waals surface area contributed by atoms with Crippen LogP contribution in [0.4, 0.5) is 11.4 Å². The smallest absolute Gasteiger partial charge is 0.242 e. The van der Waals surface area contributed by atoms with Crippen molar-refractivity contribution in [1.29, 1.82) is 0 Å². The maximum absolute atomic E-state index is 13.2. The molecular weight excluding hydrogens is 440 g/mol. The lowest BCUT2D eigenvalue weighted by Gasteiger charge is -2.33. The Morgan fingerprint density at radius 3 is 2.39 bits per heavy atom. The maximum Gasteiger partial charge on any atom is 0.242 e. The van der Waals surface area contributed by atoms with Crippen molar-refractivity contribution in [2.75, 3.05) is 23.3 Å². The number of nitrogens with one attached hydrogen (secondary N) is 2. The summed E-state index contributed by atoms with van der Waals surface area (Å²) in [5, 5.41) is 2.81. The van der Waals surface area contributed by atoms with Gasteiger partial charge in [0.25, 0.3) is 0 Å². The topological polar surface area (TPSA) is 122 Å². The molecule has 0 aromatic heterocycles. The Balaban J connectivity index is 1.87. The number of hydrogen-bond donors (Lipinski definition) is 3.